The number of rotatable bonds is 5. The molecule has 0 radical (unpaired) electrons. The predicted molar refractivity (Wildman–Crippen MR) is 84.1 cm³/mol. The lowest BCUT2D eigenvalue weighted by molar-refractivity contribution is -0.118. The predicted octanol–water partition coefficient (Wildman–Crippen LogP) is 2.11. The van der Waals surface area contributed by atoms with Gasteiger partial charge in [-0.15, -0.1) is 11.3 Å². The summed E-state index contributed by atoms with van der Waals surface area (Å²) < 4.78 is 23.3. The summed E-state index contributed by atoms with van der Waals surface area (Å²) in [4.78, 5) is 18.2. The van der Waals surface area contributed by atoms with Gasteiger partial charge in [-0.25, -0.2) is 13.4 Å². The minimum Gasteiger partial charge on any atom is -0.305 e. The van der Waals surface area contributed by atoms with Gasteiger partial charge < -0.3 is 4.90 Å². The normalized spacial score (nSPS) is 12.9. The first kappa shape index (κ1) is 15.7. The van der Waals surface area contributed by atoms with Crippen molar-refractivity contribution in [2.45, 2.75) is 18.7 Å². The van der Waals surface area contributed by atoms with Gasteiger partial charge in [-0.2, -0.15) is 0 Å². The van der Waals surface area contributed by atoms with E-state index in [9.17, 15) is 13.2 Å². The number of hydrogen-bond donors (Lipinski definition) is 0. The summed E-state index contributed by atoms with van der Waals surface area (Å²) in [5.74, 6) is -0.447. The fraction of sp³-hybridized carbons (Fsp3) is 0.286. The summed E-state index contributed by atoms with van der Waals surface area (Å²) in [5, 5.41) is 0.755. The van der Waals surface area contributed by atoms with Crippen molar-refractivity contribution in [2.24, 2.45) is 0 Å². The molecule has 112 valence electrons. The molecule has 1 amide bonds. The average molecular weight is 324 g/mol. The number of anilines is 1. The first-order valence-electron chi connectivity index (χ1n) is 6.32. The number of amides is 1. The lowest BCUT2D eigenvalue weighted by Crippen LogP contribution is -2.41. The Kier molecular flexibility index (Phi) is 4.74. The van der Waals surface area contributed by atoms with Gasteiger partial charge in [-0.05, 0) is 19.1 Å². The molecule has 5 nitrogen and oxygen atoms in total. The van der Waals surface area contributed by atoms with Crippen molar-refractivity contribution >= 4 is 32.8 Å². The number of benzene rings is 1. The van der Waals surface area contributed by atoms with E-state index in [2.05, 4.69) is 4.98 Å². The molecule has 0 saturated heterocycles. The van der Waals surface area contributed by atoms with Crippen molar-refractivity contribution in [1.82, 2.24) is 4.98 Å². The van der Waals surface area contributed by atoms with E-state index in [-0.39, 0.29) is 6.54 Å². The minimum absolute atomic E-state index is 0.256. The van der Waals surface area contributed by atoms with E-state index in [4.69, 9.17) is 0 Å². The Morgan fingerprint density at radius 2 is 2.00 bits per heavy atom. The van der Waals surface area contributed by atoms with Gasteiger partial charge in [-0.1, -0.05) is 18.2 Å². The molecule has 0 bridgehead atoms. The molecule has 0 unspecified atom stereocenters. The van der Waals surface area contributed by atoms with E-state index < -0.39 is 21.0 Å². The molecule has 1 atom stereocenters. The van der Waals surface area contributed by atoms with E-state index in [1.165, 1.54) is 23.2 Å². The Bertz CT molecular complexity index is 697. The molecule has 21 heavy (non-hydrogen) atoms. The zero-order valence-electron chi connectivity index (χ0n) is 11.8. The number of thiazole rings is 1. The Morgan fingerprint density at radius 1 is 1.33 bits per heavy atom. The Hall–Kier alpha value is -1.73. The van der Waals surface area contributed by atoms with Crippen molar-refractivity contribution in [3.63, 3.8) is 0 Å². The van der Waals surface area contributed by atoms with E-state index in [0.717, 1.165) is 11.9 Å². The SMILES string of the molecule is C[C@H](C(=O)N(Cc1cscn1)c1ccccc1)S(C)(=O)=O. The average Bonchev–Trinajstić information content (AvgIpc) is 2.96. The van der Waals surface area contributed by atoms with Gasteiger partial charge in [0.05, 0.1) is 17.7 Å². The van der Waals surface area contributed by atoms with Gasteiger partial charge in [-0.3, -0.25) is 4.79 Å². The van der Waals surface area contributed by atoms with E-state index >= 15 is 0 Å². The molecule has 1 heterocycles. The highest BCUT2D eigenvalue weighted by molar-refractivity contribution is 7.92. The summed E-state index contributed by atoms with van der Waals surface area (Å²) in [6.07, 6.45) is 1.07. The van der Waals surface area contributed by atoms with Crippen LogP contribution in [0.1, 0.15) is 12.6 Å². The van der Waals surface area contributed by atoms with Gasteiger partial charge in [0.1, 0.15) is 5.25 Å². The number of carbonyl (C=O) groups is 1. The maximum atomic E-state index is 12.5. The van der Waals surface area contributed by atoms with Crippen molar-refractivity contribution < 1.29 is 13.2 Å². The van der Waals surface area contributed by atoms with Gasteiger partial charge in [0, 0.05) is 17.3 Å². The zero-order chi connectivity index (χ0) is 15.5. The Labute approximate surface area is 128 Å². The highest BCUT2D eigenvalue weighted by atomic mass is 32.2. The highest BCUT2D eigenvalue weighted by Crippen LogP contribution is 2.19. The molecule has 2 aromatic rings. The van der Waals surface area contributed by atoms with Crippen molar-refractivity contribution in [3.8, 4) is 0 Å². The van der Waals surface area contributed by atoms with Crippen LogP contribution in [0.15, 0.2) is 41.2 Å². The Morgan fingerprint density at radius 3 is 2.52 bits per heavy atom. The number of hydrogen-bond acceptors (Lipinski definition) is 5. The maximum absolute atomic E-state index is 12.5. The third-order valence-corrected chi connectivity index (χ3v) is 5.25. The molecule has 0 spiro atoms. The van der Waals surface area contributed by atoms with Crippen LogP contribution in [0.25, 0.3) is 0 Å². The number of nitrogens with zero attached hydrogens (tertiary/aromatic N) is 2. The fourth-order valence-corrected chi connectivity index (χ4v) is 2.83. The van der Waals surface area contributed by atoms with Crippen molar-refractivity contribution in [3.05, 3.63) is 46.9 Å². The largest absolute Gasteiger partial charge is 0.305 e. The molecule has 0 aliphatic rings. The first-order valence-corrected chi connectivity index (χ1v) is 9.21. The van der Waals surface area contributed by atoms with Crippen LogP contribution in [0.5, 0.6) is 0 Å². The van der Waals surface area contributed by atoms with Crippen LogP contribution in [-0.4, -0.2) is 30.8 Å². The third-order valence-electron chi connectivity index (χ3n) is 3.13. The smallest absolute Gasteiger partial charge is 0.245 e. The molecule has 1 aromatic heterocycles. The summed E-state index contributed by atoms with van der Waals surface area (Å²) >= 11 is 1.44. The summed E-state index contributed by atoms with van der Waals surface area (Å²) in [6, 6.07) is 9.01. The summed E-state index contributed by atoms with van der Waals surface area (Å²) in [7, 11) is -3.44. The number of para-hydroxylation sites is 1. The number of aromatic nitrogens is 1. The molecule has 1 aromatic carbocycles. The van der Waals surface area contributed by atoms with Crippen molar-refractivity contribution in [1.29, 1.82) is 0 Å². The molecule has 7 heteroatoms. The maximum Gasteiger partial charge on any atom is 0.245 e. The van der Waals surface area contributed by atoms with Crippen LogP contribution < -0.4 is 4.90 Å². The monoisotopic (exact) mass is 324 g/mol. The summed E-state index contributed by atoms with van der Waals surface area (Å²) in [5.41, 5.74) is 3.08. The molecule has 0 N–H and O–H groups in total. The quantitative estimate of drug-likeness (QED) is 0.845. The van der Waals surface area contributed by atoms with E-state index in [1.54, 1.807) is 17.6 Å². The van der Waals surface area contributed by atoms with Crippen LogP contribution in [0, 0.1) is 0 Å². The fourth-order valence-electron chi connectivity index (χ4n) is 1.78. The van der Waals surface area contributed by atoms with Crippen LogP contribution in [0.4, 0.5) is 5.69 Å². The minimum atomic E-state index is -3.44. The lowest BCUT2D eigenvalue weighted by atomic mass is 10.2. The standard InChI is InChI=1S/C14H16N2O3S2/c1-11(21(2,18)19)14(17)16(8-12-9-20-10-15-12)13-6-4-3-5-7-13/h3-7,9-11H,8H2,1-2H3/t11-/m1/s1. The third kappa shape index (κ3) is 3.89. The van der Waals surface area contributed by atoms with Crippen molar-refractivity contribution in [2.75, 3.05) is 11.2 Å². The van der Waals surface area contributed by atoms with E-state index in [0.29, 0.717) is 5.69 Å². The molecular weight excluding hydrogens is 308 g/mol. The van der Waals surface area contributed by atoms with Crippen LogP contribution in [-0.2, 0) is 21.2 Å². The zero-order valence-corrected chi connectivity index (χ0v) is 13.4. The second-order valence-corrected chi connectivity index (χ2v) is 7.80. The lowest BCUT2D eigenvalue weighted by Gasteiger charge is -2.24. The number of sulfone groups is 1. The second kappa shape index (κ2) is 6.36. The summed E-state index contributed by atoms with van der Waals surface area (Å²) in [6.45, 7) is 1.67. The molecular formula is C14H16N2O3S2. The number of carbonyl (C=O) groups excluding carboxylic acids is 1. The van der Waals surface area contributed by atoms with Gasteiger partial charge in [0.15, 0.2) is 9.84 Å². The van der Waals surface area contributed by atoms with Crippen LogP contribution >= 0.6 is 11.3 Å². The molecule has 0 aliphatic carbocycles. The Balaban J connectivity index is 2.34. The van der Waals surface area contributed by atoms with Gasteiger partial charge in [0.2, 0.25) is 5.91 Å². The van der Waals surface area contributed by atoms with Crippen LogP contribution in [0.2, 0.25) is 0 Å². The van der Waals surface area contributed by atoms with Gasteiger partial charge in [0.25, 0.3) is 0 Å². The molecule has 2 rings (SSSR count). The molecule has 0 aliphatic heterocycles. The van der Waals surface area contributed by atoms with Crippen LogP contribution in [0.3, 0.4) is 0 Å². The molecule has 0 saturated carbocycles. The first-order chi connectivity index (χ1) is 9.89. The second-order valence-electron chi connectivity index (χ2n) is 4.71. The topological polar surface area (TPSA) is 67.3 Å². The van der Waals surface area contributed by atoms with E-state index in [1.807, 2.05) is 23.6 Å². The molecule has 0 fully saturated rings. The van der Waals surface area contributed by atoms with Gasteiger partial charge >= 0.3 is 0 Å². The highest BCUT2D eigenvalue weighted by Gasteiger charge is 2.29.